The van der Waals surface area contributed by atoms with Gasteiger partial charge in [0.05, 0.1) is 0 Å². The van der Waals surface area contributed by atoms with E-state index in [9.17, 15) is 0 Å². The van der Waals surface area contributed by atoms with Crippen molar-refractivity contribution in [3.8, 4) is 0 Å². The fourth-order valence-electron chi connectivity index (χ4n) is 2.84. The zero-order valence-corrected chi connectivity index (χ0v) is 12.0. The third kappa shape index (κ3) is 1.79. The standard InChI is InChI=1S/C15H22S/c1-9-7-10(2)14-11(3)12(4)15(5,6)16-13(14)8-9/h7-8,11-12H,1-6H3. The van der Waals surface area contributed by atoms with Gasteiger partial charge >= 0.3 is 0 Å². The molecule has 1 aliphatic rings. The number of fused-ring (bicyclic) bond motifs is 1. The van der Waals surface area contributed by atoms with E-state index in [1.807, 2.05) is 0 Å². The summed E-state index contributed by atoms with van der Waals surface area (Å²) in [4.78, 5) is 1.51. The van der Waals surface area contributed by atoms with E-state index >= 15 is 0 Å². The lowest BCUT2D eigenvalue weighted by Gasteiger charge is -2.42. The first kappa shape index (κ1) is 12.0. The first-order chi connectivity index (χ1) is 7.33. The van der Waals surface area contributed by atoms with Crippen LogP contribution < -0.4 is 0 Å². The van der Waals surface area contributed by atoms with E-state index in [1.165, 1.54) is 16.0 Å². The fraction of sp³-hybridized carbons (Fsp3) is 0.600. The molecule has 0 N–H and O–H groups in total. The Labute approximate surface area is 104 Å². The average molecular weight is 234 g/mol. The normalized spacial score (nSPS) is 27.6. The van der Waals surface area contributed by atoms with Gasteiger partial charge in [0.25, 0.3) is 0 Å². The van der Waals surface area contributed by atoms with Crippen LogP contribution in [0.1, 0.15) is 50.3 Å². The number of hydrogen-bond acceptors (Lipinski definition) is 1. The van der Waals surface area contributed by atoms with Gasteiger partial charge in [0.15, 0.2) is 0 Å². The number of hydrogen-bond donors (Lipinski definition) is 0. The molecule has 1 heterocycles. The first-order valence-electron chi connectivity index (χ1n) is 6.13. The van der Waals surface area contributed by atoms with Crippen LogP contribution in [0.2, 0.25) is 0 Å². The quantitative estimate of drug-likeness (QED) is 0.613. The van der Waals surface area contributed by atoms with Crippen molar-refractivity contribution in [3.05, 3.63) is 28.8 Å². The van der Waals surface area contributed by atoms with E-state index in [2.05, 4.69) is 65.4 Å². The van der Waals surface area contributed by atoms with Gasteiger partial charge in [0.1, 0.15) is 0 Å². The molecular weight excluding hydrogens is 212 g/mol. The molecule has 0 aliphatic carbocycles. The minimum absolute atomic E-state index is 0.354. The largest absolute Gasteiger partial charge is 0.119 e. The van der Waals surface area contributed by atoms with E-state index in [4.69, 9.17) is 0 Å². The topological polar surface area (TPSA) is 0 Å². The molecule has 0 spiro atoms. The second-order valence-corrected chi connectivity index (χ2v) is 7.47. The van der Waals surface area contributed by atoms with Crippen LogP contribution in [0.25, 0.3) is 0 Å². The molecule has 16 heavy (non-hydrogen) atoms. The third-order valence-electron chi connectivity index (χ3n) is 4.17. The molecule has 0 aromatic heterocycles. The molecule has 0 amide bonds. The molecule has 1 aromatic carbocycles. The van der Waals surface area contributed by atoms with E-state index < -0.39 is 0 Å². The molecule has 1 aromatic rings. The van der Waals surface area contributed by atoms with E-state index in [-0.39, 0.29) is 0 Å². The maximum absolute atomic E-state index is 2.39. The Morgan fingerprint density at radius 1 is 1.12 bits per heavy atom. The Hall–Kier alpha value is -0.430. The summed E-state index contributed by atoms with van der Waals surface area (Å²) >= 11 is 2.05. The van der Waals surface area contributed by atoms with Crippen molar-refractivity contribution in [2.24, 2.45) is 5.92 Å². The molecule has 0 fully saturated rings. The van der Waals surface area contributed by atoms with Gasteiger partial charge in [-0.1, -0.05) is 33.8 Å². The van der Waals surface area contributed by atoms with Crippen LogP contribution in [-0.2, 0) is 0 Å². The maximum Gasteiger partial charge on any atom is 0.0182 e. The average Bonchev–Trinajstić information content (AvgIpc) is 2.12. The van der Waals surface area contributed by atoms with Crippen molar-refractivity contribution >= 4 is 11.8 Å². The van der Waals surface area contributed by atoms with E-state index in [0.29, 0.717) is 10.7 Å². The summed E-state index contributed by atoms with van der Waals surface area (Å²) in [6.07, 6.45) is 0. The Morgan fingerprint density at radius 3 is 2.38 bits per heavy atom. The van der Waals surface area contributed by atoms with Gasteiger partial charge in [-0.2, -0.15) is 0 Å². The summed E-state index contributed by atoms with van der Waals surface area (Å²) < 4.78 is 0.354. The highest BCUT2D eigenvalue weighted by Crippen LogP contribution is 2.52. The predicted octanol–water partition coefficient (Wildman–Crippen LogP) is 4.93. The summed E-state index contributed by atoms with van der Waals surface area (Å²) in [7, 11) is 0. The molecule has 1 aliphatic heterocycles. The number of benzene rings is 1. The Bertz CT molecular complexity index is 418. The second-order valence-electron chi connectivity index (χ2n) is 5.78. The summed E-state index contributed by atoms with van der Waals surface area (Å²) in [5.41, 5.74) is 4.45. The number of aryl methyl sites for hydroxylation is 2. The summed E-state index contributed by atoms with van der Waals surface area (Å²) in [6.45, 7) is 14.0. The van der Waals surface area contributed by atoms with Gasteiger partial charge in [-0.15, -0.1) is 11.8 Å². The van der Waals surface area contributed by atoms with Crippen molar-refractivity contribution in [1.82, 2.24) is 0 Å². The molecule has 0 nitrogen and oxygen atoms in total. The van der Waals surface area contributed by atoms with Crippen molar-refractivity contribution in [3.63, 3.8) is 0 Å². The molecule has 0 saturated heterocycles. The Morgan fingerprint density at radius 2 is 1.75 bits per heavy atom. The van der Waals surface area contributed by atoms with E-state index in [1.54, 1.807) is 5.56 Å². The lowest BCUT2D eigenvalue weighted by Crippen LogP contribution is -2.33. The highest BCUT2D eigenvalue weighted by Gasteiger charge is 2.38. The first-order valence-corrected chi connectivity index (χ1v) is 6.94. The van der Waals surface area contributed by atoms with Gasteiger partial charge in [-0.25, -0.2) is 0 Å². The van der Waals surface area contributed by atoms with Crippen molar-refractivity contribution in [2.75, 3.05) is 0 Å². The van der Waals surface area contributed by atoms with Crippen LogP contribution in [0.4, 0.5) is 0 Å². The van der Waals surface area contributed by atoms with Crippen LogP contribution in [0, 0.1) is 19.8 Å². The number of rotatable bonds is 0. The molecule has 2 unspecified atom stereocenters. The lowest BCUT2D eigenvalue weighted by molar-refractivity contribution is 0.383. The SMILES string of the molecule is Cc1cc(C)c2c(c1)SC(C)(C)C(C)C2C. The van der Waals surface area contributed by atoms with E-state index in [0.717, 1.165) is 5.92 Å². The molecule has 1 heteroatoms. The van der Waals surface area contributed by atoms with Crippen molar-refractivity contribution < 1.29 is 0 Å². The summed E-state index contributed by atoms with van der Waals surface area (Å²) in [5, 5.41) is 0. The Kier molecular flexibility index (Phi) is 2.86. The zero-order chi connectivity index (χ0) is 12.1. The maximum atomic E-state index is 2.39. The van der Waals surface area contributed by atoms with Gasteiger partial charge in [0.2, 0.25) is 0 Å². The van der Waals surface area contributed by atoms with Gasteiger partial charge in [-0.05, 0) is 48.4 Å². The zero-order valence-electron chi connectivity index (χ0n) is 11.2. The predicted molar refractivity (Wildman–Crippen MR) is 73.4 cm³/mol. The number of thioether (sulfide) groups is 1. The van der Waals surface area contributed by atoms with Gasteiger partial charge < -0.3 is 0 Å². The summed E-state index contributed by atoms with van der Waals surface area (Å²) in [6, 6.07) is 4.68. The molecule has 2 atom stereocenters. The van der Waals surface area contributed by atoms with Crippen molar-refractivity contribution in [2.45, 2.75) is 57.1 Å². The molecule has 0 bridgehead atoms. The highest BCUT2D eigenvalue weighted by molar-refractivity contribution is 8.00. The van der Waals surface area contributed by atoms with Crippen LogP contribution >= 0.6 is 11.8 Å². The summed E-state index contributed by atoms with van der Waals surface area (Å²) in [5.74, 6) is 1.40. The lowest BCUT2D eigenvalue weighted by atomic mass is 9.79. The molecule has 0 radical (unpaired) electrons. The van der Waals surface area contributed by atoms with Crippen LogP contribution in [0.15, 0.2) is 17.0 Å². The second kappa shape index (κ2) is 3.80. The molecular formula is C15H22S. The van der Waals surface area contributed by atoms with Crippen LogP contribution in [0.3, 0.4) is 0 Å². The molecule has 0 saturated carbocycles. The van der Waals surface area contributed by atoms with Crippen LogP contribution in [0.5, 0.6) is 0 Å². The third-order valence-corrected chi connectivity index (χ3v) is 5.62. The van der Waals surface area contributed by atoms with Gasteiger partial charge in [0, 0.05) is 9.64 Å². The molecule has 2 rings (SSSR count). The minimum Gasteiger partial charge on any atom is -0.119 e. The van der Waals surface area contributed by atoms with Crippen LogP contribution in [-0.4, -0.2) is 4.75 Å². The van der Waals surface area contributed by atoms with Gasteiger partial charge in [-0.3, -0.25) is 0 Å². The smallest absolute Gasteiger partial charge is 0.0182 e. The minimum atomic E-state index is 0.354. The van der Waals surface area contributed by atoms with Crippen molar-refractivity contribution in [1.29, 1.82) is 0 Å². The fourth-order valence-corrected chi connectivity index (χ4v) is 4.49. The monoisotopic (exact) mass is 234 g/mol. The molecule has 88 valence electrons. The highest BCUT2D eigenvalue weighted by atomic mass is 32.2. The Balaban J connectivity index is 2.59.